The molecule has 3 heterocycles. The van der Waals surface area contributed by atoms with Gasteiger partial charge < -0.3 is 10.6 Å². The minimum absolute atomic E-state index is 0.0695. The Morgan fingerprint density at radius 2 is 1.85 bits per heavy atom. The van der Waals surface area contributed by atoms with Crippen molar-refractivity contribution in [3.05, 3.63) is 0 Å². The summed E-state index contributed by atoms with van der Waals surface area (Å²) in [4.78, 5) is 16.9. The van der Waals surface area contributed by atoms with E-state index in [0.29, 0.717) is 19.1 Å². The predicted molar refractivity (Wildman–Crippen MR) is 107 cm³/mol. The molecule has 2 N–H and O–H groups in total. The number of hydrogen-bond donors (Lipinski definition) is 1. The monoisotopic (exact) mass is 400 g/mol. The highest BCUT2D eigenvalue weighted by atomic mass is 32.2. The van der Waals surface area contributed by atoms with E-state index in [1.807, 2.05) is 0 Å². The van der Waals surface area contributed by atoms with Gasteiger partial charge >= 0.3 is 0 Å². The standard InChI is InChI=1S/C19H36N4O3S/c1-3-11-21-12-7-17(8-13-21)23(27(2,25)26)15-14-22-16-5-4-9-19(22,10-6-16)18(20)24/h16-17H,3-15H2,1-2H3,(H2,20,24)/t16-,19+/m1/s1. The molecule has 3 aliphatic heterocycles. The lowest BCUT2D eigenvalue weighted by Crippen LogP contribution is -2.60. The van der Waals surface area contributed by atoms with Crippen LogP contribution in [0, 0.1) is 0 Å². The molecule has 0 radical (unpaired) electrons. The molecule has 0 aromatic carbocycles. The lowest BCUT2D eigenvalue weighted by molar-refractivity contribution is -0.131. The fourth-order valence-corrected chi connectivity index (χ4v) is 6.78. The van der Waals surface area contributed by atoms with Crippen LogP contribution in [0.25, 0.3) is 0 Å². The van der Waals surface area contributed by atoms with Gasteiger partial charge in [-0.25, -0.2) is 8.42 Å². The first-order chi connectivity index (χ1) is 12.8. The number of nitrogens with zero attached hydrogens (tertiary/aromatic N) is 3. The van der Waals surface area contributed by atoms with E-state index in [1.54, 1.807) is 4.31 Å². The van der Waals surface area contributed by atoms with Gasteiger partial charge in [0.15, 0.2) is 0 Å². The van der Waals surface area contributed by atoms with Gasteiger partial charge in [0.05, 0.1) is 6.26 Å². The molecule has 0 aliphatic carbocycles. The Morgan fingerprint density at radius 1 is 1.15 bits per heavy atom. The Balaban J connectivity index is 1.67. The molecule has 27 heavy (non-hydrogen) atoms. The average Bonchev–Trinajstić information content (AvgIpc) is 2.81. The largest absolute Gasteiger partial charge is 0.368 e. The van der Waals surface area contributed by atoms with Crippen LogP contribution in [-0.4, -0.2) is 85.0 Å². The molecule has 0 unspecified atom stereocenters. The molecule has 0 saturated carbocycles. The number of sulfonamides is 1. The molecule has 7 nitrogen and oxygen atoms in total. The van der Waals surface area contributed by atoms with Crippen LogP contribution in [0.3, 0.4) is 0 Å². The third kappa shape index (κ3) is 4.33. The Morgan fingerprint density at radius 3 is 2.44 bits per heavy atom. The van der Waals surface area contributed by atoms with Gasteiger partial charge in [-0.1, -0.05) is 6.92 Å². The van der Waals surface area contributed by atoms with Crippen molar-refractivity contribution >= 4 is 15.9 Å². The minimum Gasteiger partial charge on any atom is -0.368 e. The Hall–Kier alpha value is -0.700. The lowest BCUT2D eigenvalue weighted by atomic mass is 9.87. The van der Waals surface area contributed by atoms with Crippen molar-refractivity contribution in [3.63, 3.8) is 0 Å². The summed E-state index contributed by atoms with van der Waals surface area (Å²) in [7, 11) is -3.28. The maximum atomic E-state index is 12.5. The molecule has 2 bridgehead atoms. The fourth-order valence-electron chi connectivity index (χ4n) is 5.61. The zero-order valence-corrected chi connectivity index (χ0v) is 17.7. The zero-order chi connectivity index (χ0) is 19.7. The quantitative estimate of drug-likeness (QED) is 0.657. The molecule has 3 saturated heterocycles. The van der Waals surface area contributed by atoms with E-state index in [-0.39, 0.29) is 11.9 Å². The number of hydrogen-bond acceptors (Lipinski definition) is 5. The minimum atomic E-state index is -3.28. The van der Waals surface area contributed by atoms with Gasteiger partial charge in [-0.3, -0.25) is 9.69 Å². The highest BCUT2D eigenvalue weighted by molar-refractivity contribution is 7.88. The summed E-state index contributed by atoms with van der Waals surface area (Å²) >= 11 is 0. The first kappa shape index (κ1) is 21.0. The molecule has 156 valence electrons. The second-order valence-corrected chi connectivity index (χ2v) is 10.6. The number of likely N-dealkylation sites (tertiary alicyclic amines) is 1. The van der Waals surface area contributed by atoms with Crippen LogP contribution in [0.4, 0.5) is 0 Å². The van der Waals surface area contributed by atoms with Crippen LogP contribution in [0.5, 0.6) is 0 Å². The molecule has 2 atom stereocenters. The third-order valence-corrected chi connectivity index (χ3v) is 8.29. The highest BCUT2D eigenvalue weighted by Crippen LogP contribution is 2.43. The summed E-state index contributed by atoms with van der Waals surface area (Å²) in [5, 5.41) is 0. The maximum Gasteiger partial charge on any atom is 0.237 e. The van der Waals surface area contributed by atoms with Crippen LogP contribution in [0.1, 0.15) is 58.3 Å². The SMILES string of the molecule is CCCN1CCC(N(CCN2[C@@H]3CCC[C@@]2(C(N)=O)CC3)S(C)(=O)=O)CC1. The molecular weight excluding hydrogens is 364 g/mol. The molecule has 0 spiro atoms. The van der Waals surface area contributed by atoms with Gasteiger partial charge in [0.2, 0.25) is 15.9 Å². The molecule has 3 rings (SSSR count). The normalized spacial score (nSPS) is 30.9. The van der Waals surface area contributed by atoms with Gasteiger partial charge in [-0.05, 0) is 71.0 Å². The summed E-state index contributed by atoms with van der Waals surface area (Å²) in [6.07, 6.45) is 8.98. The van der Waals surface area contributed by atoms with Gasteiger partial charge in [0.1, 0.15) is 5.54 Å². The second kappa shape index (κ2) is 8.35. The van der Waals surface area contributed by atoms with Crippen molar-refractivity contribution in [2.45, 2.75) is 75.9 Å². The van der Waals surface area contributed by atoms with Gasteiger partial charge in [0, 0.05) is 25.2 Å². The van der Waals surface area contributed by atoms with E-state index in [4.69, 9.17) is 5.73 Å². The van der Waals surface area contributed by atoms with Crippen molar-refractivity contribution in [1.82, 2.24) is 14.1 Å². The van der Waals surface area contributed by atoms with Crippen molar-refractivity contribution in [2.24, 2.45) is 5.73 Å². The van der Waals surface area contributed by atoms with E-state index in [1.165, 1.54) is 6.26 Å². The Kier molecular flexibility index (Phi) is 6.50. The van der Waals surface area contributed by atoms with Crippen LogP contribution in [0.2, 0.25) is 0 Å². The predicted octanol–water partition coefficient (Wildman–Crippen LogP) is 0.995. The lowest BCUT2D eigenvalue weighted by Gasteiger charge is -2.44. The second-order valence-electron chi connectivity index (χ2n) is 8.62. The number of piperidine rings is 2. The van der Waals surface area contributed by atoms with Gasteiger partial charge in [-0.2, -0.15) is 4.31 Å². The summed E-state index contributed by atoms with van der Waals surface area (Å²) in [5.74, 6) is -0.233. The molecular formula is C19H36N4O3S. The molecule has 3 fully saturated rings. The topological polar surface area (TPSA) is 86.9 Å². The Bertz CT molecular complexity index is 629. The summed E-state index contributed by atoms with van der Waals surface area (Å²) in [5.41, 5.74) is 5.25. The Labute approximate surface area is 164 Å². The maximum absolute atomic E-state index is 12.5. The third-order valence-electron chi connectivity index (χ3n) is 6.96. The van der Waals surface area contributed by atoms with Crippen LogP contribution in [0.15, 0.2) is 0 Å². The van der Waals surface area contributed by atoms with Crippen molar-refractivity contribution in [3.8, 4) is 0 Å². The number of rotatable bonds is 8. The van der Waals surface area contributed by atoms with E-state index in [2.05, 4.69) is 16.7 Å². The molecule has 8 heteroatoms. The first-order valence-corrected chi connectivity index (χ1v) is 12.4. The number of nitrogens with two attached hydrogens (primary N) is 1. The van der Waals surface area contributed by atoms with Crippen molar-refractivity contribution in [1.29, 1.82) is 0 Å². The average molecular weight is 401 g/mol. The molecule has 0 aromatic rings. The van der Waals surface area contributed by atoms with E-state index in [0.717, 1.165) is 71.0 Å². The van der Waals surface area contributed by atoms with Crippen molar-refractivity contribution < 1.29 is 13.2 Å². The molecule has 1 amide bonds. The summed E-state index contributed by atoms with van der Waals surface area (Å²) in [6.45, 7) is 6.25. The first-order valence-electron chi connectivity index (χ1n) is 10.5. The number of amides is 1. The fraction of sp³-hybridized carbons (Fsp3) is 0.947. The van der Waals surface area contributed by atoms with Gasteiger partial charge in [-0.15, -0.1) is 0 Å². The van der Waals surface area contributed by atoms with Crippen LogP contribution < -0.4 is 5.73 Å². The van der Waals surface area contributed by atoms with Crippen LogP contribution >= 0.6 is 0 Å². The number of carbonyl (C=O) groups excluding carboxylic acids is 1. The van der Waals surface area contributed by atoms with E-state index < -0.39 is 15.6 Å². The van der Waals surface area contributed by atoms with Gasteiger partial charge in [0.25, 0.3) is 0 Å². The highest BCUT2D eigenvalue weighted by Gasteiger charge is 2.52. The summed E-state index contributed by atoms with van der Waals surface area (Å²) in [6, 6.07) is 0.444. The van der Waals surface area contributed by atoms with Crippen LogP contribution in [-0.2, 0) is 14.8 Å². The molecule has 0 aromatic heterocycles. The van der Waals surface area contributed by atoms with E-state index in [9.17, 15) is 13.2 Å². The van der Waals surface area contributed by atoms with E-state index >= 15 is 0 Å². The molecule has 3 aliphatic rings. The number of carbonyl (C=O) groups is 1. The summed E-state index contributed by atoms with van der Waals surface area (Å²) < 4.78 is 26.7. The number of fused-ring (bicyclic) bond motifs is 2. The zero-order valence-electron chi connectivity index (χ0n) is 16.9. The van der Waals surface area contributed by atoms with Crippen molar-refractivity contribution in [2.75, 3.05) is 39.0 Å². The number of primary amides is 1. The smallest absolute Gasteiger partial charge is 0.237 e.